The average molecular weight is 364 g/mol. The standard InChI is InChI=1S/C15H14BrN3OS/c1-3-17-15-18-13(11-6-7-21-14(11)19-15)20-12-5-4-10(16)8-9(12)2/h4-8H,3H2,1-2H3,(H,17,18,19). The lowest BCUT2D eigenvalue weighted by atomic mass is 10.2. The molecule has 3 aromatic rings. The Labute approximate surface area is 135 Å². The summed E-state index contributed by atoms with van der Waals surface area (Å²) in [6, 6.07) is 7.90. The molecule has 1 aromatic carbocycles. The molecular weight excluding hydrogens is 350 g/mol. The zero-order valence-corrected chi connectivity index (χ0v) is 14.1. The minimum Gasteiger partial charge on any atom is -0.438 e. The number of fused-ring (bicyclic) bond motifs is 1. The topological polar surface area (TPSA) is 47.0 Å². The third-order valence-electron chi connectivity index (χ3n) is 2.97. The molecule has 3 rings (SSSR count). The Morgan fingerprint density at radius 1 is 1.29 bits per heavy atom. The van der Waals surface area contributed by atoms with Gasteiger partial charge >= 0.3 is 0 Å². The van der Waals surface area contributed by atoms with E-state index in [0.29, 0.717) is 11.8 Å². The van der Waals surface area contributed by atoms with Crippen LogP contribution < -0.4 is 10.1 Å². The molecule has 0 bridgehead atoms. The van der Waals surface area contributed by atoms with Crippen molar-refractivity contribution in [3.63, 3.8) is 0 Å². The Balaban J connectivity index is 2.04. The number of anilines is 1. The molecule has 0 saturated carbocycles. The number of thiophene rings is 1. The largest absolute Gasteiger partial charge is 0.438 e. The maximum atomic E-state index is 6.02. The lowest BCUT2D eigenvalue weighted by molar-refractivity contribution is 0.465. The second kappa shape index (κ2) is 5.99. The van der Waals surface area contributed by atoms with Gasteiger partial charge in [-0.05, 0) is 49.1 Å². The van der Waals surface area contributed by atoms with Crippen molar-refractivity contribution in [1.82, 2.24) is 9.97 Å². The highest BCUT2D eigenvalue weighted by molar-refractivity contribution is 9.10. The van der Waals surface area contributed by atoms with Crippen LogP contribution in [0.25, 0.3) is 10.2 Å². The van der Waals surface area contributed by atoms with Crippen LogP contribution in [0.5, 0.6) is 11.6 Å². The minimum absolute atomic E-state index is 0.586. The summed E-state index contributed by atoms with van der Waals surface area (Å²) < 4.78 is 7.05. The zero-order chi connectivity index (χ0) is 14.8. The molecule has 4 nitrogen and oxygen atoms in total. The molecule has 0 unspecified atom stereocenters. The highest BCUT2D eigenvalue weighted by atomic mass is 79.9. The minimum atomic E-state index is 0.586. The second-order valence-corrected chi connectivity index (χ2v) is 6.34. The first-order valence-corrected chi connectivity index (χ1v) is 8.27. The predicted molar refractivity (Wildman–Crippen MR) is 90.5 cm³/mol. The van der Waals surface area contributed by atoms with Gasteiger partial charge in [-0.2, -0.15) is 4.98 Å². The van der Waals surface area contributed by atoms with E-state index in [1.54, 1.807) is 11.3 Å². The maximum Gasteiger partial charge on any atom is 0.232 e. The monoisotopic (exact) mass is 363 g/mol. The van der Waals surface area contributed by atoms with Crippen LogP contribution in [0.1, 0.15) is 12.5 Å². The van der Waals surface area contributed by atoms with E-state index in [-0.39, 0.29) is 0 Å². The molecule has 0 fully saturated rings. The molecule has 0 radical (unpaired) electrons. The summed E-state index contributed by atoms with van der Waals surface area (Å²) in [4.78, 5) is 9.87. The number of rotatable bonds is 4. The van der Waals surface area contributed by atoms with Crippen LogP contribution in [0.4, 0.5) is 5.95 Å². The van der Waals surface area contributed by atoms with Crippen molar-refractivity contribution in [3.05, 3.63) is 39.7 Å². The van der Waals surface area contributed by atoms with Gasteiger partial charge in [0.1, 0.15) is 10.6 Å². The van der Waals surface area contributed by atoms with Crippen molar-refractivity contribution in [2.75, 3.05) is 11.9 Å². The summed E-state index contributed by atoms with van der Waals surface area (Å²) in [5.74, 6) is 1.98. The van der Waals surface area contributed by atoms with Crippen molar-refractivity contribution in [3.8, 4) is 11.6 Å². The smallest absolute Gasteiger partial charge is 0.232 e. The zero-order valence-electron chi connectivity index (χ0n) is 11.7. The molecule has 2 aromatic heterocycles. The van der Waals surface area contributed by atoms with E-state index >= 15 is 0 Å². The van der Waals surface area contributed by atoms with Crippen molar-refractivity contribution in [2.45, 2.75) is 13.8 Å². The van der Waals surface area contributed by atoms with Crippen molar-refractivity contribution >= 4 is 43.4 Å². The van der Waals surface area contributed by atoms with Gasteiger partial charge in [0.15, 0.2) is 0 Å². The van der Waals surface area contributed by atoms with Crippen molar-refractivity contribution in [1.29, 1.82) is 0 Å². The normalized spacial score (nSPS) is 10.8. The summed E-state index contributed by atoms with van der Waals surface area (Å²) in [7, 11) is 0. The number of aryl methyl sites for hydroxylation is 1. The first-order valence-electron chi connectivity index (χ1n) is 6.60. The number of aromatic nitrogens is 2. The summed E-state index contributed by atoms with van der Waals surface area (Å²) in [6.45, 7) is 4.80. The number of halogens is 1. The Morgan fingerprint density at radius 2 is 2.14 bits per heavy atom. The van der Waals surface area contributed by atoms with Crippen LogP contribution in [-0.2, 0) is 0 Å². The van der Waals surface area contributed by atoms with E-state index < -0.39 is 0 Å². The van der Waals surface area contributed by atoms with E-state index in [1.165, 1.54) is 0 Å². The van der Waals surface area contributed by atoms with E-state index in [4.69, 9.17) is 4.74 Å². The Kier molecular flexibility index (Phi) is 4.07. The van der Waals surface area contributed by atoms with Gasteiger partial charge in [0, 0.05) is 11.0 Å². The molecular formula is C15H14BrN3OS. The maximum absolute atomic E-state index is 6.02. The Morgan fingerprint density at radius 3 is 2.90 bits per heavy atom. The molecule has 0 atom stereocenters. The summed E-state index contributed by atoms with van der Waals surface area (Å²) >= 11 is 5.04. The van der Waals surface area contributed by atoms with E-state index in [2.05, 4.69) is 31.2 Å². The molecule has 6 heteroatoms. The molecule has 0 saturated heterocycles. The van der Waals surface area contributed by atoms with Crippen LogP contribution in [0.3, 0.4) is 0 Å². The fourth-order valence-corrected chi connectivity index (χ4v) is 3.20. The molecule has 108 valence electrons. The Bertz CT molecular complexity index is 788. The van der Waals surface area contributed by atoms with Gasteiger partial charge in [-0.15, -0.1) is 11.3 Å². The Hall–Kier alpha value is -1.66. The van der Waals surface area contributed by atoms with Crippen LogP contribution in [-0.4, -0.2) is 16.5 Å². The summed E-state index contributed by atoms with van der Waals surface area (Å²) in [5, 5.41) is 6.07. The average Bonchev–Trinajstić information content (AvgIpc) is 2.91. The van der Waals surface area contributed by atoms with E-state index in [1.807, 2.05) is 43.5 Å². The highest BCUT2D eigenvalue weighted by Gasteiger charge is 2.12. The number of nitrogens with zero attached hydrogens (tertiary/aromatic N) is 2. The highest BCUT2D eigenvalue weighted by Crippen LogP contribution is 2.33. The van der Waals surface area contributed by atoms with E-state index in [9.17, 15) is 0 Å². The fourth-order valence-electron chi connectivity index (χ4n) is 1.97. The lowest BCUT2D eigenvalue weighted by Gasteiger charge is -2.10. The molecule has 2 heterocycles. The van der Waals surface area contributed by atoms with Gasteiger partial charge in [0.05, 0.1) is 5.39 Å². The van der Waals surface area contributed by atoms with Crippen molar-refractivity contribution < 1.29 is 4.74 Å². The quantitative estimate of drug-likeness (QED) is 0.709. The number of hydrogen-bond donors (Lipinski definition) is 1. The predicted octanol–water partition coefficient (Wildman–Crippen LogP) is 4.99. The lowest BCUT2D eigenvalue weighted by Crippen LogP contribution is -2.03. The van der Waals surface area contributed by atoms with E-state index in [0.717, 1.165) is 32.5 Å². The van der Waals surface area contributed by atoms with Gasteiger partial charge in [-0.25, -0.2) is 4.98 Å². The van der Waals surface area contributed by atoms with Gasteiger partial charge in [0.2, 0.25) is 11.8 Å². The van der Waals surface area contributed by atoms with Gasteiger partial charge in [0.25, 0.3) is 0 Å². The van der Waals surface area contributed by atoms with Crippen LogP contribution in [0, 0.1) is 6.92 Å². The number of nitrogens with one attached hydrogen (secondary N) is 1. The molecule has 0 spiro atoms. The molecule has 21 heavy (non-hydrogen) atoms. The van der Waals surface area contributed by atoms with Gasteiger partial charge in [-0.3, -0.25) is 0 Å². The van der Waals surface area contributed by atoms with Gasteiger partial charge in [-0.1, -0.05) is 15.9 Å². The first kappa shape index (κ1) is 14.3. The fraction of sp³-hybridized carbons (Fsp3) is 0.200. The van der Waals surface area contributed by atoms with Gasteiger partial charge < -0.3 is 10.1 Å². The number of hydrogen-bond acceptors (Lipinski definition) is 5. The first-order chi connectivity index (χ1) is 10.2. The van der Waals surface area contributed by atoms with Crippen LogP contribution in [0.2, 0.25) is 0 Å². The van der Waals surface area contributed by atoms with Crippen LogP contribution in [0.15, 0.2) is 34.1 Å². The molecule has 0 aliphatic carbocycles. The third-order valence-corrected chi connectivity index (χ3v) is 4.27. The SMILES string of the molecule is CCNc1nc(Oc2ccc(Br)cc2C)c2ccsc2n1. The second-order valence-electron chi connectivity index (χ2n) is 4.53. The third kappa shape index (κ3) is 3.01. The summed E-state index contributed by atoms with van der Waals surface area (Å²) in [6.07, 6.45) is 0. The molecule has 0 aliphatic heterocycles. The molecule has 1 N–H and O–H groups in total. The molecule has 0 aliphatic rings. The number of ether oxygens (including phenoxy) is 1. The van der Waals surface area contributed by atoms with Crippen LogP contribution >= 0.6 is 27.3 Å². The molecule has 0 amide bonds. The summed E-state index contributed by atoms with van der Waals surface area (Å²) in [5.41, 5.74) is 1.05. The van der Waals surface area contributed by atoms with Crippen molar-refractivity contribution in [2.24, 2.45) is 0 Å². The number of benzene rings is 1.